The minimum absolute atomic E-state index is 0. The molecule has 3 N–H and O–H groups in total. The molecule has 1 saturated heterocycles. The molecule has 0 aliphatic carbocycles. The summed E-state index contributed by atoms with van der Waals surface area (Å²) in [7, 11) is 0. The predicted octanol–water partition coefficient (Wildman–Crippen LogP) is 2.51. The van der Waals surface area contributed by atoms with Gasteiger partial charge in [0.1, 0.15) is 0 Å². The highest BCUT2D eigenvalue weighted by atomic mass is 35.5. The van der Waals surface area contributed by atoms with Crippen LogP contribution >= 0.6 is 12.4 Å². The maximum atomic E-state index is 12.6. The maximum Gasteiger partial charge on any atom is 0.224 e. The molecule has 2 amide bonds. The number of nitrogens with two attached hydrogens (primary N) is 1. The standard InChI is InChI=1S/C21H27N3O2.ClH/c1-15(25)24-13-18(9-10-19(22)14-24)21(26)23-12-11-17-7-4-6-16-5-2-3-8-20(16)17;/h2-8,18-19H,9-14,22H2,1H3,(H,23,26);1H/t18-,19+;/m1./s1. The van der Waals surface area contributed by atoms with Crippen molar-refractivity contribution in [2.75, 3.05) is 19.6 Å². The molecular weight excluding hydrogens is 362 g/mol. The molecule has 3 rings (SSSR count). The van der Waals surface area contributed by atoms with E-state index in [0.29, 0.717) is 19.6 Å². The Morgan fingerprint density at radius 2 is 1.85 bits per heavy atom. The van der Waals surface area contributed by atoms with E-state index in [9.17, 15) is 9.59 Å². The molecule has 0 aromatic heterocycles. The van der Waals surface area contributed by atoms with Crippen LogP contribution < -0.4 is 11.1 Å². The summed E-state index contributed by atoms with van der Waals surface area (Å²) < 4.78 is 0. The van der Waals surface area contributed by atoms with Crippen LogP contribution in [0.1, 0.15) is 25.3 Å². The molecule has 6 heteroatoms. The fourth-order valence-corrected chi connectivity index (χ4v) is 3.67. The van der Waals surface area contributed by atoms with Crippen molar-refractivity contribution in [3.05, 3.63) is 48.0 Å². The molecule has 2 aromatic carbocycles. The Bertz CT molecular complexity index is 791. The van der Waals surface area contributed by atoms with Gasteiger partial charge in [-0.2, -0.15) is 0 Å². The molecule has 0 bridgehead atoms. The molecule has 1 aliphatic heterocycles. The van der Waals surface area contributed by atoms with E-state index in [4.69, 9.17) is 5.73 Å². The third-order valence-corrected chi connectivity index (χ3v) is 5.17. The summed E-state index contributed by atoms with van der Waals surface area (Å²) in [5, 5.41) is 5.49. The van der Waals surface area contributed by atoms with Crippen LogP contribution in [-0.4, -0.2) is 42.4 Å². The van der Waals surface area contributed by atoms with Crippen molar-refractivity contribution in [1.82, 2.24) is 10.2 Å². The minimum atomic E-state index is -0.181. The summed E-state index contributed by atoms with van der Waals surface area (Å²) in [4.78, 5) is 26.0. The second kappa shape index (κ2) is 9.72. The average Bonchev–Trinajstić information content (AvgIpc) is 2.84. The lowest BCUT2D eigenvalue weighted by molar-refractivity contribution is -0.131. The van der Waals surface area contributed by atoms with Gasteiger partial charge in [-0.3, -0.25) is 9.59 Å². The number of carbonyl (C=O) groups is 2. The summed E-state index contributed by atoms with van der Waals surface area (Å²) in [5.74, 6) is -0.179. The highest BCUT2D eigenvalue weighted by molar-refractivity contribution is 5.86. The number of nitrogens with zero attached hydrogens (tertiary/aromatic N) is 1. The van der Waals surface area contributed by atoms with Crippen molar-refractivity contribution in [2.45, 2.75) is 32.2 Å². The molecule has 2 aromatic rings. The topological polar surface area (TPSA) is 75.4 Å². The summed E-state index contributed by atoms with van der Waals surface area (Å²) >= 11 is 0. The van der Waals surface area contributed by atoms with Gasteiger partial charge >= 0.3 is 0 Å². The summed E-state index contributed by atoms with van der Waals surface area (Å²) in [6, 6.07) is 14.5. The van der Waals surface area contributed by atoms with Gasteiger partial charge in [0.25, 0.3) is 0 Å². The second-order valence-electron chi connectivity index (χ2n) is 7.14. The van der Waals surface area contributed by atoms with E-state index in [1.807, 2.05) is 12.1 Å². The molecule has 2 atom stereocenters. The Hall–Kier alpha value is -2.11. The zero-order valence-corrected chi connectivity index (χ0v) is 16.5. The van der Waals surface area contributed by atoms with E-state index < -0.39 is 0 Å². The van der Waals surface area contributed by atoms with E-state index in [0.717, 1.165) is 19.3 Å². The maximum absolute atomic E-state index is 12.6. The number of carbonyl (C=O) groups excluding carboxylic acids is 2. The Kier molecular flexibility index (Phi) is 7.63. The number of amides is 2. The van der Waals surface area contributed by atoms with Gasteiger partial charge in [-0.1, -0.05) is 42.5 Å². The van der Waals surface area contributed by atoms with Gasteiger partial charge in [-0.05, 0) is 35.6 Å². The van der Waals surface area contributed by atoms with E-state index >= 15 is 0 Å². The van der Waals surface area contributed by atoms with Crippen molar-refractivity contribution in [1.29, 1.82) is 0 Å². The monoisotopic (exact) mass is 389 g/mol. The number of fused-ring (bicyclic) bond motifs is 1. The average molecular weight is 390 g/mol. The molecule has 0 radical (unpaired) electrons. The Morgan fingerprint density at radius 3 is 2.63 bits per heavy atom. The minimum Gasteiger partial charge on any atom is -0.355 e. The van der Waals surface area contributed by atoms with E-state index in [2.05, 4.69) is 35.6 Å². The first kappa shape index (κ1) is 21.2. The van der Waals surface area contributed by atoms with E-state index in [1.165, 1.54) is 23.3 Å². The van der Waals surface area contributed by atoms with Crippen molar-refractivity contribution >= 4 is 35.0 Å². The predicted molar refractivity (Wildman–Crippen MR) is 111 cm³/mol. The van der Waals surface area contributed by atoms with Gasteiger partial charge in [-0.25, -0.2) is 0 Å². The van der Waals surface area contributed by atoms with Crippen LogP contribution in [0.4, 0.5) is 0 Å². The molecule has 0 unspecified atom stereocenters. The molecule has 5 nitrogen and oxygen atoms in total. The number of nitrogens with one attached hydrogen (secondary N) is 1. The van der Waals surface area contributed by atoms with Crippen LogP contribution in [0.15, 0.2) is 42.5 Å². The quantitative estimate of drug-likeness (QED) is 0.843. The molecular formula is C21H28ClN3O2. The Labute approximate surface area is 166 Å². The first-order chi connectivity index (χ1) is 12.5. The lowest BCUT2D eigenvalue weighted by atomic mass is 10.0. The van der Waals surface area contributed by atoms with Crippen LogP contribution in [-0.2, 0) is 16.0 Å². The van der Waals surface area contributed by atoms with Gasteiger partial charge in [0.2, 0.25) is 11.8 Å². The Balaban J connectivity index is 0.00000261. The molecule has 1 aliphatic rings. The highest BCUT2D eigenvalue weighted by Gasteiger charge is 2.28. The zero-order chi connectivity index (χ0) is 18.5. The van der Waals surface area contributed by atoms with Crippen LogP contribution in [0.2, 0.25) is 0 Å². The number of hydrogen-bond acceptors (Lipinski definition) is 3. The van der Waals surface area contributed by atoms with Gasteiger partial charge in [-0.15, -0.1) is 12.4 Å². The van der Waals surface area contributed by atoms with Crippen molar-refractivity contribution < 1.29 is 9.59 Å². The van der Waals surface area contributed by atoms with Gasteiger partial charge < -0.3 is 16.0 Å². The van der Waals surface area contributed by atoms with E-state index in [1.54, 1.807) is 4.90 Å². The molecule has 1 fully saturated rings. The fraction of sp³-hybridized carbons (Fsp3) is 0.429. The fourth-order valence-electron chi connectivity index (χ4n) is 3.67. The largest absolute Gasteiger partial charge is 0.355 e. The van der Waals surface area contributed by atoms with Gasteiger partial charge in [0, 0.05) is 32.6 Å². The smallest absolute Gasteiger partial charge is 0.224 e. The molecule has 0 saturated carbocycles. The van der Waals surface area contributed by atoms with Gasteiger partial charge in [0.15, 0.2) is 0 Å². The highest BCUT2D eigenvalue weighted by Crippen LogP contribution is 2.19. The van der Waals surface area contributed by atoms with Crippen molar-refractivity contribution in [2.24, 2.45) is 11.7 Å². The lowest BCUT2D eigenvalue weighted by Crippen LogP contribution is -2.42. The van der Waals surface area contributed by atoms with Gasteiger partial charge in [0.05, 0.1) is 5.92 Å². The number of halogens is 1. The number of likely N-dealkylation sites (tertiary alicyclic amines) is 1. The first-order valence-electron chi connectivity index (χ1n) is 9.30. The van der Waals surface area contributed by atoms with Crippen LogP contribution in [0, 0.1) is 5.92 Å². The van der Waals surface area contributed by atoms with Crippen molar-refractivity contribution in [3.8, 4) is 0 Å². The van der Waals surface area contributed by atoms with Crippen LogP contribution in [0.3, 0.4) is 0 Å². The molecule has 1 heterocycles. The lowest BCUT2D eigenvalue weighted by Gasteiger charge is -2.23. The summed E-state index contributed by atoms with van der Waals surface area (Å²) in [5.41, 5.74) is 7.26. The van der Waals surface area contributed by atoms with Crippen LogP contribution in [0.5, 0.6) is 0 Å². The molecule has 0 spiro atoms. The first-order valence-corrected chi connectivity index (χ1v) is 9.30. The number of hydrogen-bond donors (Lipinski definition) is 2. The number of benzene rings is 2. The summed E-state index contributed by atoms with van der Waals surface area (Å²) in [6.07, 6.45) is 2.28. The molecule has 146 valence electrons. The third kappa shape index (κ3) is 5.44. The normalized spacial score (nSPS) is 19.9. The Morgan fingerprint density at radius 1 is 1.11 bits per heavy atom. The van der Waals surface area contributed by atoms with E-state index in [-0.39, 0.29) is 36.2 Å². The zero-order valence-electron chi connectivity index (χ0n) is 15.7. The third-order valence-electron chi connectivity index (χ3n) is 5.17. The number of rotatable bonds is 4. The summed E-state index contributed by atoms with van der Waals surface area (Å²) in [6.45, 7) is 3.13. The second-order valence-corrected chi connectivity index (χ2v) is 7.14. The van der Waals surface area contributed by atoms with Crippen LogP contribution in [0.25, 0.3) is 10.8 Å². The van der Waals surface area contributed by atoms with Crippen molar-refractivity contribution in [3.63, 3.8) is 0 Å². The SMILES string of the molecule is CC(=O)N1C[C@@H](N)CC[C@@H](C(=O)NCCc2cccc3ccccc23)C1.Cl. The molecule has 27 heavy (non-hydrogen) atoms.